The summed E-state index contributed by atoms with van der Waals surface area (Å²) in [7, 11) is 3.25. The minimum absolute atomic E-state index is 0.127. The summed E-state index contributed by atoms with van der Waals surface area (Å²) < 4.78 is 15.8. The third kappa shape index (κ3) is 5.92. The lowest BCUT2D eigenvalue weighted by atomic mass is 10.3. The van der Waals surface area contributed by atoms with Gasteiger partial charge >= 0.3 is 0 Å². The van der Waals surface area contributed by atoms with Gasteiger partial charge in [-0.25, -0.2) is 0 Å². The Morgan fingerprint density at radius 2 is 1.84 bits per heavy atom. The topological polar surface area (TPSA) is 60.0 Å². The van der Waals surface area contributed by atoms with Crippen LogP contribution in [-0.4, -0.2) is 51.2 Å². The van der Waals surface area contributed by atoms with Crippen molar-refractivity contribution >= 4 is 0 Å². The Kier molecular flexibility index (Phi) is 7.25. The van der Waals surface area contributed by atoms with E-state index in [-0.39, 0.29) is 12.7 Å². The number of aliphatic hydroxyl groups is 1. The predicted molar refractivity (Wildman–Crippen MR) is 73.8 cm³/mol. The van der Waals surface area contributed by atoms with Crippen LogP contribution in [0.2, 0.25) is 0 Å². The van der Waals surface area contributed by atoms with Crippen LogP contribution in [0.3, 0.4) is 0 Å². The molecular formula is C14H23NO4. The van der Waals surface area contributed by atoms with Crippen molar-refractivity contribution in [3.05, 3.63) is 24.3 Å². The molecule has 0 aromatic heterocycles. The lowest BCUT2D eigenvalue weighted by Crippen LogP contribution is -2.35. The molecule has 5 nitrogen and oxygen atoms in total. The van der Waals surface area contributed by atoms with Crippen LogP contribution in [0.15, 0.2) is 24.3 Å². The number of nitrogens with one attached hydrogen (secondary N) is 1. The lowest BCUT2D eigenvalue weighted by Gasteiger charge is -2.16. The fraction of sp³-hybridized carbons (Fsp3) is 0.571. The number of para-hydroxylation sites is 2. The zero-order valence-electron chi connectivity index (χ0n) is 11.8. The Balaban J connectivity index is 2.27. The molecule has 0 radical (unpaired) electrons. The number of ether oxygens (including phenoxy) is 3. The molecule has 2 N–H and O–H groups in total. The van der Waals surface area contributed by atoms with Gasteiger partial charge in [0, 0.05) is 20.2 Å². The van der Waals surface area contributed by atoms with Crippen molar-refractivity contribution < 1.29 is 19.3 Å². The maximum Gasteiger partial charge on any atom is 0.161 e. The van der Waals surface area contributed by atoms with Crippen LogP contribution < -0.4 is 14.8 Å². The van der Waals surface area contributed by atoms with E-state index in [1.165, 1.54) is 0 Å². The van der Waals surface area contributed by atoms with Gasteiger partial charge in [0.15, 0.2) is 11.5 Å². The maximum absolute atomic E-state index is 9.79. The highest BCUT2D eigenvalue weighted by Gasteiger charge is 2.08. The van der Waals surface area contributed by atoms with Gasteiger partial charge in [-0.3, -0.25) is 0 Å². The molecule has 5 heteroatoms. The third-order valence-electron chi connectivity index (χ3n) is 2.71. The molecule has 0 aliphatic carbocycles. The Morgan fingerprint density at radius 1 is 1.16 bits per heavy atom. The molecule has 0 bridgehead atoms. The highest BCUT2D eigenvalue weighted by Crippen LogP contribution is 2.25. The van der Waals surface area contributed by atoms with E-state index in [1.54, 1.807) is 14.2 Å². The molecule has 2 atom stereocenters. The van der Waals surface area contributed by atoms with Crippen LogP contribution >= 0.6 is 0 Å². The molecule has 0 aliphatic heterocycles. The number of aliphatic hydroxyl groups excluding tert-OH is 1. The number of rotatable bonds is 9. The molecule has 1 aromatic carbocycles. The first-order chi connectivity index (χ1) is 9.17. The van der Waals surface area contributed by atoms with Crippen molar-refractivity contribution in [2.45, 2.75) is 19.1 Å². The van der Waals surface area contributed by atoms with Crippen molar-refractivity contribution in [1.82, 2.24) is 5.32 Å². The number of hydrogen-bond acceptors (Lipinski definition) is 5. The second-order valence-electron chi connectivity index (χ2n) is 4.32. The number of hydrogen-bond donors (Lipinski definition) is 2. The summed E-state index contributed by atoms with van der Waals surface area (Å²) in [6, 6.07) is 7.37. The van der Waals surface area contributed by atoms with Gasteiger partial charge in [-0.1, -0.05) is 12.1 Å². The second-order valence-corrected chi connectivity index (χ2v) is 4.32. The number of benzene rings is 1. The maximum atomic E-state index is 9.79. The van der Waals surface area contributed by atoms with Crippen molar-refractivity contribution in [3.63, 3.8) is 0 Å². The standard InChI is InChI=1S/C14H23NO4/c1-11(17-2)8-15-9-12(16)10-19-14-7-5-4-6-13(14)18-3/h4-7,11-12,15-16H,8-10H2,1-3H3. The number of methoxy groups -OCH3 is 2. The molecule has 0 fully saturated rings. The Morgan fingerprint density at radius 3 is 2.47 bits per heavy atom. The zero-order valence-corrected chi connectivity index (χ0v) is 11.8. The largest absolute Gasteiger partial charge is 0.493 e. The lowest BCUT2D eigenvalue weighted by molar-refractivity contribution is 0.0895. The average Bonchev–Trinajstić information content (AvgIpc) is 2.45. The smallest absolute Gasteiger partial charge is 0.161 e. The molecular weight excluding hydrogens is 246 g/mol. The van der Waals surface area contributed by atoms with Crippen LogP contribution in [0, 0.1) is 0 Å². The molecule has 0 saturated heterocycles. The Labute approximate surface area is 114 Å². The van der Waals surface area contributed by atoms with Crippen molar-refractivity contribution in [2.24, 2.45) is 0 Å². The van der Waals surface area contributed by atoms with Crippen LogP contribution in [0.1, 0.15) is 6.92 Å². The van der Waals surface area contributed by atoms with Gasteiger partial charge in [-0.05, 0) is 19.1 Å². The van der Waals surface area contributed by atoms with Crippen LogP contribution in [-0.2, 0) is 4.74 Å². The summed E-state index contributed by atoms with van der Waals surface area (Å²) in [6.07, 6.45) is -0.448. The minimum atomic E-state index is -0.575. The fourth-order valence-electron chi connectivity index (χ4n) is 1.52. The highest BCUT2D eigenvalue weighted by molar-refractivity contribution is 5.39. The van der Waals surface area contributed by atoms with E-state index < -0.39 is 6.10 Å². The average molecular weight is 269 g/mol. The Hall–Kier alpha value is -1.30. The molecule has 0 amide bonds. The highest BCUT2D eigenvalue weighted by atomic mass is 16.5. The van der Waals surface area contributed by atoms with Crippen molar-refractivity contribution in [2.75, 3.05) is 33.9 Å². The van der Waals surface area contributed by atoms with Gasteiger partial charge in [0.05, 0.1) is 13.2 Å². The molecule has 108 valence electrons. The normalized spacial score (nSPS) is 13.9. The van der Waals surface area contributed by atoms with E-state index >= 15 is 0 Å². The summed E-state index contributed by atoms with van der Waals surface area (Å²) in [4.78, 5) is 0. The molecule has 1 rings (SSSR count). The quantitative estimate of drug-likeness (QED) is 0.702. The molecule has 0 spiro atoms. The van der Waals surface area contributed by atoms with Gasteiger partial charge in [0.25, 0.3) is 0 Å². The van der Waals surface area contributed by atoms with Crippen LogP contribution in [0.25, 0.3) is 0 Å². The fourth-order valence-corrected chi connectivity index (χ4v) is 1.52. The Bertz CT molecular complexity index is 359. The zero-order chi connectivity index (χ0) is 14.1. The molecule has 0 heterocycles. The summed E-state index contributed by atoms with van der Waals surface area (Å²) >= 11 is 0. The van der Waals surface area contributed by atoms with E-state index in [0.717, 1.165) is 0 Å². The van der Waals surface area contributed by atoms with Crippen LogP contribution in [0.4, 0.5) is 0 Å². The van der Waals surface area contributed by atoms with Gasteiger partial charge in [0.1, 0.15) is 12.7 Å². The third-order valence-corrected chi connectivity index (χ3v) is 2.71. The van der Waals surface area contributed by atoms with Crippen molar-refractivity contribution in [1.29, 1.82) is 0 Å². The summed E-state index contributed by atoms with van der Waals surface area (Å²) in [6.45, 7) is 3.34. The molecule has 0 saturated carbocycles. The van der Waals surface area contributed by atoms with E-state index in [9.17, 15) is 5.11 Å². The molecule has 0 aliphatic rings. The van der Waals surface area contributed by atoms with E-state index in [0.29, 0.717) is 24.6 Å². The first kappa shape index (κ1) is 15.8. The van der Waals surface area contributed by atoms with Gasteiger partial charge in [0.2, 0.25) is 0 Å². The minimum Gasteiger partial charge on any atom is -0.493 e. The first-order valence-corrected chi connectivity index (χ1v) is 6.34. The van der Waals surface area contributed by atoms with Crippen molar-refractivity contribution in [3.8, 4) is 11.5 Å². The molecule has 1 aromatic rings. The SMILES string of the molecule is COc1ccccc1OCC(O)CNCC(C)OC. The van der Waals surface area contributed by atoms with Gasteiger partial charge in [-0.15, -0.1) is 0 Å². The summed E-state index contributed by atoms with van der Waals surface area (Å²) in [5, 5.41) is 12.9. The first-order valence-electron chi connectivity index (χ1n) is 6.34. The second kappa shape index (κ2) is 8.74. The van der Waals surface area contributed by atoms with Gasteiger partial charge < -0.3 is 24.6 Å². The van der Waals surface area contributed by atoms with Gasteiger partial charge in [-0.2, -0.15) is 0 Å². The summed E-state index contributed by atoms with van der Waals surface area (Å²) in [5.74, 6) is 1.30. The molecule has 2 unspecified atom stereocenters. The van der Waals surface area contributed by atoms with Crippen LogP contribution in [0.5, 0.6) is 11.5 Å². The predicted octanol–water partition coefficient (Wildman–Crippen LogP) is 1.06. The van der Waals surface area contributed by atoms with E-state index in [2.05, 4.69) is 5.32 Å². The summed E-state index contributed by atoms with van der Waals surface area (Å²) in [5.41, 5.74) is 0. The molecule has 19 heavy (non-hydrogen) atoms. The van der Waals surface area contributed by atoms with E-state index in [1.807, 2.05) is 31.2 Å². The van der Waals surface area contributed by atoms with E-state index in [4.69, 9.17) is 14.2 Å². The monoisotopic (exact) mass is 269 g/mol.